The van der Waals surface area contributed by atoms with E-state index >= 15 is 0 Å². The fourth-order valence-electron chi connectivity index (χ4n) is 3.79. The molecule has 35 heavy (non-hydrogen) atoms. The molecule has 0 amide bonds. The smallest absolute Gasteiger partial charge is 0.338 e. The van der Waals surface area contributed by atoms with Gasteiger partial charge in [0.25, 0.3) is 16.9 Å². The highest BCUT2D eigenvalue weighted by molar-refractivity contribution is 7.07. The number of esters is 1. The van der Waals surface area contributed by atoms with Crippen LogP contribution < -0.4 is 14.9 Å². The predicted molar refractivity (Wildman–Crippen MR) is 127 cm³/mol. The summed E-state index contributed by atoms with van der Waals surface area (Å²) >= 11 is 1.05. The van der Waals surface area contributed by atoms with Gasteiger partial charge in [0.05, 0.1) is 38.3 Å². The zero-order chi connectivity index (χ0) is 25.3. The second-order valence-electron chi connectivity index (χ2n) is 7.51. The highest BCUT2D eigenvalue weighted by Gasteiger charge is 2.34. The molecule has 11 nitrogen and oxygen atoms in total. The molecule has 2 heterocycles. The number of nitrogens with zero attached hydrogens (tertiary/aromatic N) is 4. The molecule has 0 aliphatic carbocycles. The number of benzene rings is 2. The average molecular weight is 494 g/mol. The van der Waals surface area contributed by atoms with E-state index in [9.17, 15) is 29.8 Å². The molecule has 178 valence electrons. The summed E-state index contributed by atoms with van der Waals surface area (Å²) in [7, 11) is 0. The van der Waals surface area contributed by atoms with E-state index in [1.807, 2.05) is 0 Å². The lowest BCUT2D eigenvalue weighted by molar-refractivity contribution is -0.385. The van der Waals surface area contributed by atoms with Crippen LogP contribution >= 0.6 is 11.3 Å². The molecule has 4 rings (SSSR count). The fourth-order valence-corrected chi connectivity index (χ4v) is 4.84. The van der Waals surface area contributed by atoms with Gasteiger partial charge >= 0.3 is 5.97 Å². The Labute approximate surface area is 201 Å². The maximum atomic E-state index is 13.5. The Hall–Kier alpha value is -4.45. The molecule has 0 bridgehead atoms. The molecule has 0 radical (unpaired) electrons. The van der Waals surface area contributed by atoms with E-state index in [1.54, 1.807) is 26.0 Å². The molecule has 0 N–H and O–H groups in total. The Bertz CT molecular complexity index is 1590. The van der Waals surface area contributed by atoms with Gasteiger partial charge in [0.2, 0.25) is 0 Å². The molecule has 0 unspecified atom stereocenters. The van der Waals surface area contributed by atoms with Crippen LogP contribution in [0.3, 0.4) is 0 Å². The van der Waals surface area contributed by atoms with Crippen molar-refractivity contribution in [3.05, 3.63) is 111 Å². The summed E-state index contributed by atoms with van der Waals surface area (Å²) < 4.78 is 6.73. The lowest BCUT2D eigenvalue weighted by Crippen LogP contribution is -2.40. The van der Waals surface area contributed by atoms with Crippen LogP contribution in [-0.2, 0) is 9.53 Å². The number of fused-ring (bicyclic) bond motifs is 1. The molecular formula is C23H18N4O7S. The number of carbonyl (C=O) groups excluding carboxylic acids is 1. The maximum Gasteiger partial charge on any atom is 0.338 e. The Morgan fingerprint density at radius 1 is 1.14 bits per heavy atom. The minimum absolute atomic E-state index is 0.0917. The standard InChI is InChI=1S/C23H18N4O7S/c1-3-34-22(29)19-13(2)24-23-25(20(19)15-7-5-9-17(12-15)27(32)33)21(28)18(35-23)11-14-6-4-8-16(10-14)26(30)31/h4-12,20H,3H2,1-2H3/b18-11+/t20-/m0/s1. The number of allylic oxidation sites excluding steroid dienone is 1. The Morgan fingerprint density at radius 3 is 2.46 bits per heavy atom. The number of nitro groups is 2. The Kier molecular flexibility index (Phi) is 6.38. The van der Waals surface area contributed by atoms with Gasteiger partial charge in [-0.25, -0.2) is 9.79 Å². The van der Waals surface area contributed by atoms with Crippen LogP contribution in [0, 0.1) is 20.2 Å². The van der Waals surface area contributed by atoms with Gasteiger partial charge in [-0.3, -0.25) is 29.6 Å². The molecule has 2 aromatic carbocycles. The first kappa shape index (κ1) is 23.7. The molecule has 0 saturated carbocycles. The summed E-state index contributed by atoms with van der Waals surface area (Å²) in [5.74, 6) is -0.682. The molecule has 1 aliphatic rings. The third-order valence-corrected chi connectivity index (χ3v) is 6.28. The molecule has 0 spiro atoms. The van der Waals surface area contributed by atoms with Crippen LogP contribution in [0.2, 0.25) is 0 Å². The van der Waals surface area contributed by atoms with Gasteiger partial charge in [0, 0.05) is 24.3 Å². The zero-order valence-electron chi connectivity index (χ0n) is 18.5. The first-order valence-corrected chi connectivity index (χ1v) is 11.2. The predicted octanol–water partition coefficient (Wildman–Crippen LogP) is 2.61. The second-order valence-corrected chi connectivity index (χ2v) is 8.52. The lowest BCUT2D eigenvalue weighted by Gasteiger charge is -2.24. The van der Waals surface area contributed by atoms with Crippen LogP contribution in [0.5, 0.6) is 0 Å². The van der Waals surface area contributed by atoms with E-state index in [4.69, 9.17) is 4.74 Å². The van der Waals surface area contributed by atoms with E-state index in [0.29, 0.717) is 16.8 Å². The van der Waals surface area contributed by atoms with Crippen LogP contribution in [-0.4, -0.2) is 27.0 Å². The number of ether oxygens (including phenoxy) is 1. The normalized spacial score (nSPS) is 15.4. The SMILES string of the molecule is CCOC(=O)C1=C(C)N=c2s/c(=C/c3cccc([N+](=O)[O-])c3)c(=O)n2[C@H]1c1cccc([N+](=O)[O-])c1. The first-order chi connectivity index (χ1) is 16.7. The van der Waals surface area contributed by atoms with Crippen molar-refractivity contribution < 1.29 is 19.4 Å². The second kappa shape index (κ2) is 9.43. The topological polar surface area (TPSA) is 147 Å². The average Bonchev–Trinajstić information content (AvgIpc) is 3.12. The Balaban J connectivity index is 1.96. The van der Waals surface area contributed by atoms with Gasteiger partial charge < -0.3 is 4.74 Å². The van der Waals surface area contributed by atoms with Gasteiger partial charge in [-0.15, -0.1) is 0 Å². The van der Waals surface area contributed by atoms with Crippen molar-refractivity contribution in [1.82, 2.24) is 4.57 Å². The summed E-state index contributed by atoms with van der Waals surface area (Å²) in [6, 6.07) is 10.5. The van der Waals surface area contributed by atoms with Gasteiger partial charge in [0.15, 0.2) is 4.80 Å². The van der Waals surface area contributed by atoms with Crippen molar-refractivity contribution in [2.45, 2.75) is 19.9 Å². The number of rotatable bonds is 6. The molecule has 0 fully saturated rings. The van der Waals surface area contributed by atoms with Gasteiger partial charge in [-0.2, -0.15) is 0 Å². The van der Waals surface area contributed by atoms with Gasteiger partial charge in [-0.05, 0) is 31.1 Å². The van der Waals surface area contributed by atoms with Gasteiger partial charge in [0.1, 0.15) is 0 Å². The van der Waals surface area contributed by atoms with E-state index in [2.05, 4.69) is 4.99 Å². The fraction of sp³-hybridized carbons (Fsp3) is 0.174. The van der Waals surface area contributed by atoms with Crippen molar-refractivity contribution in [1.29, 1.82) is 0 Å². The van der Waals surface area contributed by atoms with Crippen molar-refractivity contribution >= 4 is 34.8 Å². The van der Waals surface area contributed by atoms with E-state index < -0.39 is 27.4 Å². The van der Waals surface area contributed by atoms with Crippen LogP contribution in [0.4, 0.5) is 11.4 Å². The summed E-state index contributed by atoms with van der Waals surface area (Å²) in [5.41, 5.74) is 0.397. The molecule has 1 aromatic heterocycles. The number of nitro benzene ring substituents is 2. The number of aromatic nitrogens is 1. The van der Waals surface area contributed by atoms with Crippen molar-refractivity contribution in [3.63, 3.8) is 0 Å². The largest absolute Gasteiger partial charge is 0.463 e. The van der Waals surface area contributed by atoms with Crippen molar-refractivity contribution in [2.75, 3.05) is 6.61 Å². The minimum Gasteiger partial charge on any atom is -0.463 e. The van der Waals surface area contributed by atoms with E-state index in [1.165, 1.54) is 47.0 Å². The zero-order valence-corrected chi connectivity index (χ0v) is 19.4. The summed E-state index contributed by atoms with van der Waals surface area (Å²) in [4.78, 5) is 52.5. The van der Waals surface area contributed by atoms with Gasteiger partial charge in [-0.1, -0.05) is 35.6 Å². The summed E-state index contributed by atoms with van der Waals surface area (Å²) in [6.07, 6.45) is 1.50. The summed E-state index contributed by atoms with van der Waals surface area (Å²) in [6.45, 7) is 3.34. The van der Waals surface area contributed by atoms with Crippen LogP contribution in [0.15, 0.2) is 69.6 Å². The van der Waals surface area contributed by atoms with E-state index in [0.717, 1.165) is 11.3 Å². The Morgan fingerprint density at radius 2 is 1.80 bits per heavy atom. The third-order valence-electron chi connectivity index (χ3n) is 5.29. The number of non-ortho nitro benzene ring substituents is 2. The molecule has 0 saturated heterocycles. The molecule has 3 aromatic rings. The monoisotopic (exact) mass is 494 g/mol. The highest BCUT2D eigenvalue weighted by Crippen LogP contribution is 2.32. The maximum absolute atomic E-state index is 13.5. The van der Waals surface area contributed by atoms with E-state index in [-0.39, 0.29) is 32.9 Å². The number of hydrogen-bond donors (Lipinski definition) is 0. The minimum atomic E-state index is -1.00. The van der Waals surface area contributed by atoms with Crippen LogP contribution in [0.25, 0.3) is 6.08 Å². The quantitative estimate of drug-likeness (QED) is 0.291. The number of thiazole rings is 1. The molecule has 1 atom stereocenters. The molecular weight excluding hydrogens is 476 g/mol. The summed E-state index contributed by atoms with van der Waals surface area (Å²) in [5, 5.41) is 22.5. The molecule has 12 heteroatoms. The van der Waals surface area contributed by atoms with Crippen molar-refractivity contribution in [2.24, 2.45) is 4.99 Å². The third kappa shape index (κ3) is 4.51. The highest BCUT2D eigenvalue weighted by atomic mass is 32.1. The number of hydrogen-bond acceptors (Lipinski definition) is 9. The van der Waals surface area contributed by atoms with Crippen LogP contribution in [0.1, 0.15) is 31.0 Å². The number of carbonyl (C=O) groups is 1. The van der Waals surface area contributed by atoms with Crippen molar-refractivity contribution in [3.8, 4) is 0 Å². The molecule has 1 aliphatic heterocycles. The lowest BCUT2D eigenvalue weighted by atomic mass is 9.95. The first-order valence-electron chi connectivity index (χ1n) is 10.4.